The van der Waals surface area contributed by atoms with Gasteiger partial charge in [-0.05, 0) is 44.7 Å². The van der Waals surface area contributed by atoms with E-state index in [0.717, 1.165) is 12.8 Å². The summed E-state index contributed by atoms with van der Waals surface area (Å²) in [6.45, 7) is 3.03. The zero-order chi connectivity index (χ0) is 23.7. The number of likely N-dealkylation sites (tertiary alicyclic amines) is 1. The monoisotopic (exact) mass is 465 g/mol. The number of piperidine rings is 1. The lowest BCUT2D eigenvalue weighted by atomic mass is 10.1. The van der Waals surface area contributed by atoms with E-state index in [-0.39, 0.29) is 30.1 Å². The Morgan fingerprint density at radius 2 is 2.12 bits per heavy atom. The van der Waals surface area contributed by atoms with E-state index in [1.54, 1.807) is 28.0 Å². The quantitative estimate of drug-likeness (QED) is 0.549. The molecule has 2 fully saturated rings. The lowest BCUT2D eigenvalue weighted by Gasteiger charge is -2.32. The van der Waals surface area contributed by atoms with Gasteiger partial charge in [0.15, 0.2) is 11.6 Å². The summed E-state index contributed by atoms with van der Waals surface area (Å²) in [4.78, 5) is 14.0. The number of hydrogen-bond donors (Lipinski definition) is 0. The van der Waals surface area contributed by atoms with Gasteiger partial charge in [0, 0.05) is 24.7 Å². The molecule has 176 valence electrons. The second kappa shape index (κ2) is 8.78. The SMILES string of the molecule is CC1(OC(=O)N2CCC(n3ncc(COc4ccc(-n5ccnn5)cc4F)c3C#N)CC2)CC1. The molecule has 0 spiro atoms. The second-order valence-electron chi connectivity index (χ2n) is 8.86. The number of carbonyl (C=O) groups is 1. The summed E-state index contributed by atoms with van der Waals surface area (Å²) < 4.78 is 28.8. The molecule has 3 heterocycles. The molecular weight excluding hydrogens is 441 g/mol. The van der Waals surface area contributed by atoms with E-state index in [4.69, 9.17) is 9.47 Å². The van der Waals surface area contributed by atoms with E-state index < -0.39 is 5.82 Å². The fraction of sp³-hybridized carbons (Fsp3) is 0.435. The standard InChI is InChI=1S/C23H24FN7O3/c1-23(6-7-23)34-22(32)29-9-4-17(5-10-29)31-20(13-25)16(14-27-31)15-33-21-3-2-18(12-19(21)24)30-11-8-26-28-30/h2-3,8,11-12,14,17H,4-7,9-10,15H2,1H3. The van der Waals surface area contributed by atoms with Gasteiger partial charge in [-0.3, -0.25) is 4.68 Å². The maximum absolute atomic E-state index is 14.5. The molecule has 1 aliphatic carbocycles. The Morgan fingerprint density at radius 1 is 1.32 bits per heavy atom. The van der Waals surface area contributed by atoms with Gasteiger partial charge in [-0.15, -0.1) is 5.10 Å². The van der Waals surface area contributed by atoms with Gasteiger partial charge < -0.3 is 14.4 Å². The van der Waals surface area contributed by atoms with Crippen LogP contribution in [0.5, 0.6) is 5.75 Å². The van der Waals surface area contributed by atoms with Crippen LogP contribution in [0.2, 0.25) is 0 Å². The molecule has 34 heavy (non-hydrogen) atoms. The molecular formula is C23H24FN7O3. The maximum Gasteiger partial charge on any atom is 0.410 e. The molecule has 0 atom stereocenters. The zero-order valence-electron chi connectivity index (χ0n) is 18.7. The number of rotatable bonds is 6. The minimum absolute atomic E-state index is 0.00619. The molecule has 1 aromatic carbocycles. The molecule has 2 aliphatic rings. The highest BCUT2D eigenvalue weighted by molar-refractivity contribution is 5.68. The number of amides is 1. The average Bonchev–Trinajstić information content (AvgIpc) is 3.22. The van der Waals surface area contributed by atoms with Crippen LogP contribution in [0.3, 0.4) is 0 Å². The van der Waals surface area contributed by atoms with Crippen LogP contribution in [0.25, 0.3) is 5.69 Å². The third-order valence-electron chi connectivity index (χ3n) is 6.32. The van der Waals surface area contributed by atoms with Gasteiger partial charge in [0.05, 0.1) is 30.3 Å². The molecule has 11 heteroatoms. The third kappa shape index (κ3) is 4.44. The van der Waals surface area contributed by atoms with Crippen molar-refractivity contribution in [1.29, 1.82) is 5.26 Å². The number of hydrogen-bond acceptors (Lipinski definition) is 7. The number of nitriles is 1. The van der Waals surface area contributed by atoms with Crippen LogP contribution in [-0.4, -0.2) is 54.5 Å². The number of benzene rings is 1. The molecule has 0 unspecified atom stereocenters. The topological polar surface area (TPSA) is 111 Å². The summed E-state index contributed by atoms with van der Waals surface area (Å²) in [5.74, 6) is -0.477. The summed E-state index contributed by atoms with van der Waals surface area (Å²) in [7, 11) is 0. The van der Waals surface area contributed by atoms with Gasteiger partial charge in [-0.2, -0.15) is 10.4 Å². The van der Waals surface area contributed by atoms with Gasteiger partial charge in [0.25, 0.3) is 0 Å². The van der Waals surface area contributed by atoms with Crippen LogP contribution < -0.4 is 4.74 Å². The molecule has 2 aromatic heterocycles. The predicted octanol–water partition coefficient (Wildman–Crippen LogP) is 3.38. The van der Waals surface area contributed by atoms with Gasteiger partial charge in [-0.25, -0.2) is 13.9 Å². The smallest absolute Gasteiger partial charge is 0.410 e. The first-order valence-corrected chi connectivity index (χ1v) is 11.2. The largest absolute Gasteiger partial charge is 0.486 e. The van der Waals surface area contributed by atoms with Gasteiger partial charge in [0.1, 0.15) is 24.0 Å². The Morgan fingerprint density at radius 3 is 2.76 bits per heavy atom. The summed E-state index contributed by atoms with van der Waals surface area (Å²) in [6, 6.07) is 6.68. The molecule has 1 aliphatic heterocycles. The zero-order valence-corrected chi connectivity index (χ0v) is 18.7. The highest BCUT2D eigenvalue weighted by atomic mass is 19.1. The molecule has 1 saturated carbocycles. The summed E-state index contributed by atoms with van der Waals surface area (Å²) in [6.07, 6.45) is 7.59. The number of halogens is 1. The Labute approximate surface area is 195 Å². The van der Waals surface area contributed by atoms with Crippen molar-refractivity contribution in [3.63, 3.8) is 0 Å². The van der Waals surface area contributed by atoms with Crippen LogP contribution in [-0.2, 0) is 11.3 Å². The van der Waals surface area contributed by atoms with Crippen molar-refractivity contribution in [3.05, 3.63) is 53.9 Å². The van der Waals surface area contributed by atoms with E-state index in [0.29, 0.717) is 42.9 Å². The van der Waals surface area contributed by atoms with Crippen LogP contribution >= 0.6 is 0 Å². The molecule has 10 nitrogen and oxygen atoms in total. The van der Waals surface area contributed by atoms with E-state index in [2.05, 4.69) is 21.5 Å². The number of aromatic nitrogens is 5. The molecule has 3 aromatic rings. The number of ether oxygens (including phenoxy) is 2. The van der Waals surface area contributed by atoms with Crippen LogP contribution in [0.1, 0.15) is 49.9 Å². The van der Waals surface area contributed by atoms with Crippen molar-refractivity contribution in [3.8, 4) is 17.5 Å². The van der Waals surface area contributed by atoms with E-state index in [1.165, 1.54) is 23.0 Å². The van der Waals surface area contributed by atoms with Crippen LogP contribution in [0.15, 0.2) is 36.8 Å². The van der Waals surface area contributed by atoms with Crippen LogP contribution in [0, 0.1) is 17.1 Å². The molecule has 0 N–H and O–H groups in total. The normalized spacial score (nSPS) is 17.3. The van der Waals surface area contributed by atoms with Crippen molar-refractivity contribution in [2.75, 3.05) is 13.1 Å². The highest BCUT2D eigenvalue weighted by Gasteiger charge is 2.43. The summed E-state index contributed by atoms with van der Waals surface area (Å²) >= 11 is 0. The first-order chi connectivity index (χ1) is 16.5. The van der Waals surface area contributed by atoms with Crippen molar-refractivity contribution < 1.29 is 18.7 Å². The van der Waals surface area contributed by atoms with Crippen molar-refractivity contribution in [1.82, 2.24) is 29.7 Å². The summed E-state index contributed by atoms with van der Waals surface area (Å²) in [5.41, 5.74) is 1.18. The van der Waals surface area contributed by atoms with Crippen molar-refractivity contribution >= 4 is 6.09 Å². The lowest BCUT2D eigenvalue weighted by molar-refractivity contribution is 0.0489. The Hall–Kier alpha value is -3.94. The minimum Gasteiger partial charge on any atom is -0.486 e. The molecule has 5 rings (SSSR count). The highest BCUT2D eigenvalue weighted by Crippen LogP contribution is 2.39. The average molecular weight is 465 g/mol. The van der Waals surface area contributed by atoms with E-state index in [1.807, 2.05) is 6.92 Å². The second-order valence-corrected chi connectivity index (χ2v) is 8.86. The Bertz CT molecular complexity index is 1220. The summed E-state index contributed by atoms with van der Waals surface area (Å²) in [5, 5.41) is 21.7. The Kier molecular flexibility index (Phi) is 5.65. The van der Waals surface area contributed by atoms with Gasteiger partial charge >= 0.3 is 6.09 Å². The van der Waals surface area contributed by atoms with Crippen molar-refractivity contribution in [2.24, 2.45) is 0 Å². The fourth-order valence-corrected chi connectivity index (χ4v) is 4.00. The molecule has 0 radical (unpaired) electrons. The molecule has 0 bridgehead atoms. The van der Waals surface area contributed by atoms with Crippen molar-refractivity contribution in [2.45, 2.75) is 50.9 Å². The van der Waals surface area contributed by atoms with Gasteiger partial charge in [0.2, 0.25) is 0 Å². The van der Waals surface area contributed by atoms with Gasteiger partial charge in [-0.1, -0.05) is 5.21 Å². The van der Waals surface area contributed by atoms with Crippen LogP contribution in [0.4, 0.5) is 9.18 Å². The van der Waals surface area contributed by atoms with E-state index in [9.17, 15) is 14.4 Å². The first-order valence-electron chi connectivity index (χ1n) is 11.2. The Balaban J connectivity index is 1.21. The fourth-order valence-electron chi connectivity index (χ4n) is 4.00. The molecule has 1 amide bonds. The van der Waals surface area contributed by atoms with E-state index >= 15 is 0 Å². The molecule has 1 saturated heterocycles. The third-order valence-corrected chi connectivity index (χ3v) is 6.32. The lowest BCUT2D eigenvalue weighted by Crippen LogP contribution is -2.41. The minimum atomic E-state index is -0.543. The first kappa shape index (κ1) is 21.9. The predicted molar refractivity (Wildman–Crippen MR) is 117 cm³/mol. The maximum atomic E-state index is 14.5. The number of carbonyl (C=O) groups excluding carboxylic acids is 1. The number of nitrogens with zero attached hydrogens (tertiary/aromatic N) is 7.